The zero-order chi connectivity index (χ0) is 22.2. The molecule has 1 aliphatic heterocycles. The van der Waals surface area contributed by atoms with Crippen molar-refractivity contribution in [3.8, 4) is 11.5 Å². The zero-order valence-corrected chi connectivity index (χ0v) is 20.0. The SMILES string of the molecule is CCOc1ccc(CCNC(=S)N2CCN(Cc3cn(C)nc3C)CC2)cc1OCC. The standard InChI is InChI=1S/C23H35N5O2S/c1-5-29-21-8-7-19(15-22(21)30-6-2)9-10-24-23(31)28-13-11-27(12-14-28)17-20-16-26(4)25-18(20)3/h7-8,15-16H,5-6,9-14,17H2,1-4H3,(H,24,31). The van der Waals surface area contributed by atoms with Crippen molar-refractivity contribution in [1.82, 2.24) is 24.9 Å². The summed E-state index contributed by atoms with van der Waals surface area (Å²) < 4.78 is 13.3. The van der Waals surface area contributed by atoms with Crippen LogP contribution in [0.25, 0.3) is 0 Å². The molecule has 1 aromatic heterocycles. The number of hydrogen-bond donors (Lipinski definition) is 1. The van der Waals surface area contributed by atoms with E-state index in [0.29, 0.717) is 13.2 Å². The molecule has 7 nitrogen and oxygen atoms in total. The molecular formula is C23H35N5O2S. The summed E-state index contributed by atoms with van der Waals surface area (Å²) in [7, 11) is 1.98. The largest absolute Gasteiger partial charge is 0.490 e. The van der Waals surface area contributed by atoms with Crippen LogP contribution in [-0.4, -0.2) is 70.6 Å². The third kappa shape index (κ3) is 6.58. The van der Waals surface area contributed by atoms with Gasteiger partial charge in [0.25, 0.3) is 0 Å². The Morgan fingerprint density at radius 2 is 1.81 bits per heavy atom. The third-order valence-corrected chi connectivity index (χ3v) is 5.87. The lowest BCUT2D eigenvalue weighted by atomic mass is 10.1. The van der Waals surface area contributed by atoms with E-state index in [1.54, 1.807) is 0 Å². The Balaban J connectivity index is 1.42. The average Bonchev–Trinajstić information content (AvgIpc) is 3.07. The fourth-order valence-electron chi connectivity index (χ4n) is 3.83. The van der Waals surface area contributed by atoms with Gasteiger partial charge in [-0.2, -0.15) is 5.10 Å². The summed E-state index contributed by atoms with van der Waals surface area (Å²) in [4.78, 5) is 4.74. The van der Waals surface area contributed by atoms with Gasteiger partial charge >= 0.3 is 0 Å². The fraction of sp³-hybridized carbons (Fsp3) is 0.565. The van der Waals surface area contributed by atoms with Gasteiger partial charge in [0.2, 0.25) is 0 Å². The molecule has 31 heavy (non-hydrogen) atoms. The first kappa shape index (κ1) is 23.3. The molecular weight excluding hydrogens is 410 g/mol. The fourth-order valence-corrected chi connectivity index (χ4v) is 4.12. The Labute approximate surface area is 191 Å². The van der Waals surface area contributed by atoms with Crippen molar-refractivity contribution in [2.45, 2.75) is 33.7 Å². The van der Waals surface area contributed by atoms with E-state index < -0.39 is 0 Å². The molecule has 1 saturated heterocycles. The maximum atomic E-state index is 5.72. The van der Waals surface area contributed by atoms with Gasteiger partial charge < -0.3 is 19.7 Å². The highest BCUT2D eigenvalue weighted by Crippen LogP contribution is 2.28. The number of hydrogen-bond acceptors (Lipinski definition) is 5. The summed E-state index contributed by atoms with van der Waals surface area (Å²) in [5, 5.41) is 8.71. The van der Waals surface area contributed by atoms with E-state index in [-0.39, 0.29) is 0 Å². The summed E-state index contributed by atoms with van der Waals surface area (Å²) in [6.45, 7) is 13.0. The van der Waals surface area contributed by atoms with Crippen LogP contribution < -0.4 is 14.8 Å². The molecule has 0 unspecified atom stereocenters. The number of nitrogens with one attached hydrogen (secondary N) is 1. The first-order valence-electron chi connectivity index (χ1n) is 11.1. The third-order valence-electron chi connectivity index (χ3n) is 5.47. The second-order valence-electron chi connectivity index (χ2n) is 7.81. The second kappa shape index (κ2) is 11.3. The van der Waals surface area contributed by atoms with Gasteiger partial charge in [0, 0.05) is 58.1 Å². The summed E-state index contributed by atoms with van der Waals surface area (Å²) >= 11 is 5.64. The molecule has 0 bridgehead atoms. The lowest BCUT2D eigenvalue weighted by Gasteiger charge is -2.36. The van der Waals surface area contributed by atoms with Crippen LogP contribution in [0.3, 0.4) is 0 Å². The van der Waals surface area contributed by atoms with Crippen LogP contribution in [0.4, 0.5) is 0 Å². The summed E-state index contributed by atoms with van der Waals surface area (Å²) in [6, 6.07) is 6.15. The van der Waals surface area contributed by atoms with Crippen molar-refractivity contribution in [1.29, 1.82) is 0 Å². The molecule has 0 aliphatic carbocycles. The smallest absolute Gasteiger partial charge is 0.169 e. The Bertz CT molecular complexity index is 862. The second-order valence-corrected chi connectivity index (χ2v) is 8.19. The molecule has 0 atom stereocenters. The molecule has 1 N–H and O–H groups in total. The molecule has 3 rings (SSSR count). The Morgan fingerprint density at radius 3 is 2.45 bits per heavy atom. The Hall–Kier alpha value is -2.32. The van der Waals surface area contributed by atoms with Crippen LogP contribution in [0.5, 0.6) is 11.5 Å². The number of aryl methyl sites for hydroxylation is 2. The van der Waals surface area contributed by atoms with Crippen molar-refractivity contribution in [2.24, 2.45) is 7.05 Å². The summed E-state index contributed by atoms with van der Waals surface area (Å²) in [5.74, 6) is 1.61. The van der Waals surface area contributed by atoms with E-state index in [0.717, 1.165) is 68.0 Å². The van der Waals surface area contributed by atoms with Gasteiger partial charge in [-0.15, -0.1) is 0 Å². The average molecular weight is 446 g/mol. The number of aromatic nitrogens is 2. The molecule has 0 spiro atoms. The Kier molecular flexibility index (Phi) is 8.54. The molecule has 0 saturated carbocycles. The number of nitrogens with zero attached hydrogens (tertiary/aromatic N) is 4. The van der Waals surface area contributed by atoms with Gasteiger partial charge in [-0.3, -0.25) is 9.58 Å². The summed E-state index contributed by atoms with van der Waals surface area (Å²) in [5.41, 5.74) is 3.63. The molecule has 2 aromatic rings. The van der Waals surface area contributed by atoms with Gasteiger partial charge in [0.15, 0.2) is 16.6 Å². The molecule has 170 valence electrons. The normalized spacial score (nSPS) is 14.5. The lowest BCUT2D eigenvalue weighted by molar-refractivity contribution is 0.174. The molecule has 8 heteroatoms. The topological polar surface area (TPSA) is 54.8 Å². The van der Waals surface area contributed by atoms with E-state index in [9.17, 15) is 0 Å². The van der Waals surface area contributed by atoms with Crippen molar-refractivity contribution in [3.05, 3.63) is 41.2 Å². The molecule has 1 aliphatic rings. The van der Waals surface area contributed by atoms with Gasteiger partial charge in [0.05, 0.1) is 18.9 Å². The predicted molar refractivity (Wildman–Crippen MR) is 128 cm³/mol. The lowest BCUT2D eigenvalue weighted by Crippen LogP contribution is -2.51. The van der Waals surface area contributed by atoms with Gasteiger partial charge in [-0.25, -0.2) is 0 Å². The molecule has 2 heterocycles. The number of thiocarbonyl (C=S) groups is 1. The van der Waals surface area contributed by atoms with E-state index in [4.69, 9.17) is 21.7 Å². The van der Waals surface area contributed by atoms with E-state index >= 15 is 0 Å². The van der Waals surface area contributed by atoms with Crippen LogP contribution in [0.15, 0.2) is 24.4 Å². The number of benzene rings is 1. The first-order chi connectivity index (χ1) is 15.0. The molecule has 1 aromatic carbocycles. The number of piperazine rings is 1. The minimum atomic E-state index is 0.623. The molecule has 0 amide bonds. The van der Waals surface area contributed by atoms with E-state index in [1.165, 1.54) is 11.1 Å². The molecule has 1 fully saturated rings. The van der Waals surface area contributed by atoms with Crippen LogP contribution in [0, 0.1) is 6.92 Å². The minimum absolute atomic E-state index is 0.623. The van der Waals surface area contributed by atoms with Crippen LogP contribution in [0.1, 0.15) is 30.7 Å². The Morgan fingerprint density at radius 1 is 1.10 bits per heavy atom. The minimum Gasteiger partial charge on any atom is -0.490 e. The maximum absolute atomic E-state index is 5.72. The quantitative estimate of drug-likeness (QED) is 0.596. The van der Waals surface area contributed by atoms with Gasteiger partial charge in [-0.1, -0.05) is 6.07 Å². The van der Waals surface area contributed by atoms with Crippen LogP contribution in [-0.2, 0) is 20.0 Å². The van der Waals surface area contributed by atoms with Crippen molar-refractivity contribution >= 4 is 17.3 Å². The number of ether oxygens (including phenoxy) is 2. The number of rotatable bonds is 9. The van der Waals surface area contributed by atoms with Crippen LogP contribution in [0.2, 0.25) is 0 Å². The first-order valence-corrected chi connectivity index (χ1v) is 11.5. The highest BCUT2D eigenvalue weighted by atomic mass is 32.1. The van der Waals surface area contributed by atoms with Gasteiger partial charge in [0.1, 0.15) is 0 Å². The van der Waals surface area contributed by atoms with Gasteiger partial charge in [-0.05, 0) is 57.1 Å². The van der Waals surface area contributed by atoms with E-state index in [1.807, 2.05) is 31.6 Å². The van der Waals surface area contributed by atoms with Crippen molar-refractivity contribution in [3.63, 3.8) is 0 Å². The molecule has 0 radical (unpaired) electrons. The van der Waals surface area contributed by atoms with Crippen LogP contribution >= 0.6 is 12.2 Å². The summed E-state index contributed by atoms with van der Waals surface area (Å²) in [6.07, 6.45) is 3.00. The van der Waals surface area contributed by atoms with E-state index in [2.05, 4.69) is 45.5 Å². The monoisotopic (exact) mass is 445 g/mol. The highest BCUT2D eigenvalue weighted by molar-refractivity contribution is 7.80. The van der Waals surface area contributed by atoms with Crippen molar-refractivity contribution < 1.29 is 9.47 Å². The maximum Gasteiger partial charge on any atom is 0.169 e. The highest BCUT2D eigenvalue weighted by Gasteiger charge is 2.20. The zero-order valence-electron chi connectivity index (χ0n) is 19.2. The predicted octanol–water partition coefficient (Wildman–Crippen LogP) is 2.76. The van der Waals surface area contributed by atoms with Crippen molar-refractivity contribution in [2.75, 3.05) is 45.9 Å².